The van der Waals surface area contributed by atoms with Crippen LogP contribution in [0.5, 0.6) is 0 Å². The van der Waals surface area contributed by atoms with Crippen molar-refractivity contribution in [3.8, 4) is 0 Å². The highest BCUT2D eigenvalue weighted by Gasteiger charge is 2.23. The Morgan fingerprint density at radius 1 is 0.917 bits per heavy atom. The lowest BCUT2D eigenvalue weighted by Gasteiger charge is -2.35. The SMILES string of the molecule is O=C(c1ccncc1)N1CCN(c2ncnc3ccccc23)CC1. The van der Waals surface area contributed by atoms with Gasteiger partial charge >= 0.3 is 0 Å². The monoisotopic (exact) mass is 319 g/mol. The molecular weight excluding hydrogens is 302 g/mol. The molecule has 1 aliphatic heterocycles. The maximum absolute atomic E-state index is 12.5. The molecule has 6 nitrogen and oxygen atoms in total. The Morgan fingerprint density at radius 2 is 1.67 bits per heavy atom. The van der Waals surface area contributed by atoms with Gasteiger partial charge in [-0.05, 0) is 24.3 Å². The standard InChI is InChI=1S/C18H17N5O/c24-18(14-5-7-19-8-6-14)23-11-9-22(10-12-23)17-15-3-1-2-4-16(15)20-13-21-17/h1-8,13H,9-12H2. The molecule has 1 fully saturated rings. The summed E-state index contributed by atoms with van der Waals surface area (Å²) in [7, 11) is 0. The zero-order valence-electron chi connectivity index (χ0n) is 13.2. The normalized spacial score (nSPS) is 14.8. The maximum atomic E-state index is 12.5. The van der Waals surface area contributed by atoms with Crippen molar-refractivity contribution in [3.05, 3.63) is 60.7 Å². The summed E-state index contributed by atoms with van der Waals surface area (Å²) < 4.78 is 0. The second kappa shape index (κ2) is 6.23. The van der Waals surface area contributed by atoms with Crippen LogP contribution in [0.2, 0.25) is 0 Å². The van der Waals surface area contributed by atoms with Crippen LogP contribution in [-0.4, -0.2) is 51.9 Å². The first kappa shape index (κ1) is 14.6. The topological polar surface area (TPSA) is 62.2 Å². The average Bonchev–Trinajstić information content (AvgIpc) is 2.68. The fourth-order valence-electron chi connectivity index (χ4n) is 3.04. The van der Waals surface area contributed by atoms with Crippen LogP contribution in [0, 0.1) is 0 Å². The summed E-state index contributed by atoms with van der Waals surface area (Å²) in [5.41, 5.74) is 1.63. The number of carbonyl (C=O) groups excluding carboxylic acids is 1. The number of anilines is 1. The molecule has 0 spiro atoms. The van der Waals surface area contributed by atoms with E-state index < -0.39 is 0 Å². The molecule has 1 aliphatic rings. The second-order valence-electron chi connectivity index (χ2n) is 5.73. The van der Waals surface area contributed by atoms with Gasteiger partial charge in [-0.25, -0.2) is 9.97 Å². The Balaban J connectivity index is 1.51. The van der Waals surface area contributed by atoms with Gasteiger partial charge in [-0.1, -0.05) is 12.1 Å². The van der Waals surface area contributed by atoms with Gasteiger partial charge in [0.15, 0.2) is 0 Å². The van der Waals surface area contributed by atoms with E-state index in [1.54, 1.807) is 30.9 Å². The molecule has 1 amide bonds. The molecule has 0 atom stereocenters. The third kappa shape index (κ3) is 2.67. The lowest BCUT2D eigenvalue weighted by atomic mass is 10.2. The van der Waals surface area contributed by atoms with Gasteiger partial charge in [0.2, 0.25) is 0 Å². The van der Waals surface area contributed by atoms with E-state index >= 15 is 0 Å². The number of piperazine rings is 1. The van der Waals surface area contributed by atoms with Crippen molar-refractivity contribution in [2.24, 2.45) is 0 Å². The van der Waals surface area contributed by atoms with E-state index in [1.807, 2.05) is 29.2 Å². The smallest absolute Gasteiger partial charge is 0.254 e. The Bertz CT molecular complexity index is 854. The van der Waals surface area contributed by atoms with Crippen LogP contribution in [-0.2, 0) is 0 Å². The molecule has 0 N–H and O–H groups in total. The number of fused-ring (bicyclic) bond motifs is 1. The van der Waals surface area contributed by atoms with Crippen molar-refractivity contribution in [3.63, 3.8) is 0 Å². The van der Waals surface area contributed by atoms with E-state index in [9.17, 15) is 4.79 Å². The number of benzene rings is 1. The second-order valence-corrected chi connectivity index (χ2v) is 5.73. The Kier molecular flexibility index (Phi) is 3.78. The molecule has 1 aromatic carbocycles. The molecule has 3 aromatic rings. The number of rotatable bonds is 2. The van der Waals surface area contributed by atoms with Crippen LogP contribution in [0.1, 0.15) is 10.4 Å². The zero-order valence-corrected chi connectivity index (χ0v) is 13.2. The minimum atomic E-state index is 0.0598. The van der Waals surface area contributed by atoms with Crippen molar-refractivity contribution in [1.82, 2.24) is 19.9 Å². The van der Waals surface area contributed by atoms with Crippen molar-refractivity contribution in [1.29, 1.82) is 0 Å². The number of carbonyl (C=O) groups is 1. The number of hydrogen-bond acceptors (Lipinski definition) is 5. The number of amides is 1. The van der Waals surface area contributed by atoms with Crippen LogP contribution in [0.4, 0.5) is 5.82 Å². The van der Waals surface area contributed by atoms with Gasteiger partial charge in [0.25, 0.3) is 5.91 Å². The number of nitrogens with zero attached hydrogens (tertiary/aromatic N) is 5. The minimum absolute atomic E-state index is 0.0598. The fraction of sp³-hybridized carbons (Fsp3) is 0.222. The quantitative estimate of drug-likeness (QED) is 0.723. The van der Waals surface area contributed by atoms with Crippen molar-refractivity contribution in [2.75, 3.05) is 31.1 Å². The van der Waals surface area contributed by atoms with E-state index in [4.69, 9.17) is 0 Å². The minimum Gasteiger partial charge on any atom is -0.352 e. The van der Waals surface area contributed by atoms with Crippen molar-refractivity contribution in [2.45, 2.75) is 0 Å². The Hall–Kier alpha value is -3.02. The molecule has 24 heavy (non-hydrogen) atoms. The molecule has 0 saturated carbocycles. The van der Waals surface area contributed by atoms with Crippen LogP contribution in [0.25, 0.3) is 10.9 Å². The summed E-state index contributed by atoms with van der Waals surface area (Å²) in [6, 6.07) is 11.5. The number of para-hydroxylation sites is 1. The van der Waals surface area contributed by atoms with Gasteiger partial charge in [-0.2, -0.15) is 0 Å². The van der Waals surface area contributed by atoms with Crippen LogP contribution < -0.4 is 4.90 Å². The highest BCUT2D eigenvalue weighted by atomic mass is 16.2. The first-order chi connectivity index (χ1) is 11.8. The molecule has 0 bridgehead atoms. The summed E-state index contributed by atoms with van der Waals surface area (Å²) in [6.07, 6.45) is 4.90. The van der Waals surface area contributed by atoms with Gasteiger partial charge < -0.3 is 9.80 Å². The summed E-state index contributed by atoms with van der Waals surface area (Å²) in [4.78, 5) is 29.3. The van der Waals surface area contributed by atoms with Crippen LogP contribution >= 0.6 is 0 Å². The molecule has 2 aromatic heterocycles. The molecule has 4 rings (SSSR count). The molecular formula is C18H17N5O. The van der Waals surface area contributed by atoms with Gasteiger partial charge in [0, 0.05) is 49.5 Å². The molecule has 3 heterocycles. The van der Waals surface area contributed by atoms with E-state index in [0.717, 1.165) is 29.8 Å². The van der Waals surface area contributed by atoms with Crippen LogP contribution in [0.3, 0.4) is 0 Å². The van der Waals surface area contributed by atoms with Crippen LogP contribution in [0.15, 0.2) is 55.1 Å². The first-order valence-corrected chi connectivity index (χ1v) is 7.97. The third-order valence-corrected chi connectivity index (χ3v) is 4.32. The van der Waals surface area contributed by atoms with Crippen molar-refractivity contribution >= 4 is 22.6 Å². The Morgan fingerprint density at radius 3 is 2.46 bits per heavy atom. The Labute approximate surface area is 139 Å². The average molecular weight is 319 g/mol. The summed E-state index contributed by atoms with van der Waals surface area (Å²) in [5.74, 6) is 1.00. The molecule has 0 aliphatic carbocycles. The lowest BCUT2D eigenvalue weighted by Crippen LogP contribution is -2.49. The molecule has 1 saturated heterocycles. The molecule has 120 valence electrons. The van der Waals surface area contributed by atoms with Gasteiger partial charge in [0.05, 0.1) is 5.52 Å². The zero-order chi connectivity index (χ0) is 16.4. The summed E-state index contributed by atoms with van der Waals surface area (Å²) in [5, 5.41) is 1.05. The van der Waals surface area contributed by atoms with E-state index in [0.29, 0.717) is 18.7 Å². The van der Waals surface area contributed by atoms with Gasteiger partial charge in [-0.3, -0.25) is 9.78 Å². The highest BCUT2D eigenvalue weighted by Crippen LogP contribution is 2.23. The van der Waals surface area contributed by atoms with E-state index in [2.05, 4.69) is 19.9 Å². The van der Waals surface area contributed by atoms with Gasteiger partial charge in [0.1, 0.15) is 12.1 Å². The molecule has 0 radical (unpaired) electrons. The fourth-order valence-corrected chi connectivity index (χ4v) is 3.04. The van der Waals surface area contributed by atoms with Crippen molar-refractivity contribution < 1.29 is 4.79 Å². The third-order valence-electron chi connectivity index (χ3n) is 4.32. The highest BCUT2D eigenvalue weighted by molar-refractivity contribution is 5.94. The number of aromatic nitrogens is 3. The predicted molar refractivity (Wildman–Crippen MR) is 91.9 cm³/mol. The maximum Gasteiger partial charge on any atom is 0.254 e. The largest absolute Gasteiger partial charge is 0.352 e. The predicted octanol–water partition coefficient (Wildman–Crippen LogP) is 1.99. The van der Waals surface area contributed by atoms with Gasteiger partial charge in [-0.15, -0.1) is 0 Å². The summed E-state index contributed by atoms with van der Waals surface area (Å²) >= 11 is 0. The number of pyridine rings is 1. The summed E-state index contributed by atoms with van der Waals surface area (Å²) in [6.45, 7) is 2.88. The van der Waals surface area contributed by atoms with E-state index in [-0.39, 0.29) is 5.91 Å². The molecule has 0 unspecified atom stereocenters. The molecule has 6 heteroatoms. The lowest BCUT2D eigenvalue weighted by molar-refractivity contribution is 0.0746. The number of hydrogen-bond donors (Lipinski definition) is 0. The first-order valence-electron chi connectivity index (χ1n) is 7.97. The van der Waals surface area contributed by atoms with E-state index in [1.165, 1.54) is 0 Å².